The van der Waals surface area contributed by atoms with E-state index in [1.165, 1.54) is 27.1 Å². The van der Waals surface area contributed by atoms with Crippen molar-refractivity contribution < 1.29 is 9.59 Å². The van der Waals surface area contributed by atoms with Crippen molar-refractivity contribution in [3.8, 4) is 10.4 Å². The van der Waals surface area contributed by atoms with Crippen LogP contribution in [0.2, 0.25) is 0 Å². The Labute approximate surface area is 177 Å². The standard InChI is InChI=1S/C20H24N4O3S2/c1-5-23(8-16(25)22-12(2)3)17(26)9-24-11-21-19-18(20(24)27)14(10-28-19)15-7-6-13(4)29-15/h6-7,10-12H,5,8-9H2,1-4H3,(H,22,25). The monoisotopic (exact) mass is 432 g/mol. The molecule has 0 unspecified atom stereocenters. The zero-order valence-electron chi connectivity index (χ0n) is 16.9. The molecule has 0 fully saturated rings. The van der Waals surface area contributed by atoms with Gasteiger partial charge in [-0.15, -0.1) is 22.7 Å². The minimum atomic E-state index is -0.293. The molecule has 9 heteroatoms. The highest BCUT2D eigenvalue weighted by Gasteiger charge is 2.19. The maximum atomic E-state index is 13.1. The van der Waals surface area contributed by atoms with Gasteiger partial charge in [-0.3, -0.25) is 19.0 Å². The van der Waals surface area contributed by atoms with E-state index in [4.69, 9.17) is 0 Å². The summed E-state index contributed by atoms with van der Waals surface area (Å²) in [5.41, 5.74) is 0.611. The number of hydrogen-bond acceptors (Lipinski definition) is 6. The molecule has 154 valence electrons. The van der Waals surface area contributed by atoms with E-state index in [0.29, 0.717) is 16.8 Å². The topological polar surface area (TPSA) is 84.3 Å². The van der Waals surface area contributed by atoms with Gasteiger partial charge < -0.3 is 10.2 Å². The van der Waals surface area contributed by atoms with Crippen molar-refractivity contribution in [2.75, 3.05) is 13.1 Å². The lowest BCUT2D eigenvalue weighted by molar-refractivity contribution is -0.136. The second-order valence-electron chi connectivity index (χ2n) is 7.05. The van der Waals surface area contributed by atoms with E-state index in [0.717, 1.165) is 15.3 Å². The fourth-order valence-electron chi connectivity index (χ4n) is 3.00. The van der Waals surface area contributed by atoms with E-state index in [1.54, 1.807) is 18.3 Å². The summed E-state index contributed by atoms with van der Waals surface area (Å²) in [5, 5.41) is 5.25. The molecule has 0 radical (unpaired) electrons. The lowest BCUT2D eigenvalue weighted by atomic mass is 10.2. The van der Waals surface area contributed by atoms with Crippen LogP contribution in [0, 0.1) is 6.92 Å². The van der Waals surface area contributed by atoms with Crippen LogP contribution in [-0.4, -0.2) is 45.4 Å². The maximum absolute atomic E-state index is 13.1. The predicted octanol–water partition coefficient (Wildman–Crippen LogP) is 2.87. The average Bonchev–Trinajstić information content (AvgIpc) is 3.27. The number of carbonyl (C=O) groups excluding carboxylic acids is 2. The van der Waals surface area contributed by atoms with Gasteiger partial charge in [0.15, 0.2) is 0 Å². The highest BCUT2D eigenvalue weighted by molar-refractivity contribution is 7.19. The van der Waals surface area contributed by atoms with Gasteiger partial charge >= 0.3 is 0 Å². The quantitative estimate of drug-likeness (QED) is 0.622. The Bertz CT molecular complexity index is 1100. The number of aromatic nitrogens is 2. The normalized spacial score (nSPS) is 11.2. The molecule has 0 aliphatic heterocycles. The fourth-order valence-corrected chi connectivity index (χ4v) is 4.87. The molecular weight excluding hydrogens is 408 g/mol. The lowest BCUT2D eigenvalue weighted by Gasteiger charge is -2.21. The molecule has 0 atom stereocenters. The van der Waals surface area contributed by atoms with Gasteiger partial charge in [0.1, 0.15) is 11.4 Å². The molecule has 0 aliphatic carbocycles. The summed E-state index contributed by atoms with van der Waals surface area (Å²) in [6.45, 7) is 7.76. The van der Waals surface area contributed by atoms with E-state index in [9.17, 15) is 14.4 Å². The minimum absolute atomic E-state index is 0.00318. The fraction of sp³-hybridized carbons (Fsp3) is 0.400. The van der Waals surface area contributed by atoms with Gasteiger partial charge in [0.2, 0.25) is 11.8 Å². The Balaban J connectivity index is 1.86. The lowest BCUT2D eigenvalue weighted by Crippen LogP contribution is -2.44. The molecule has 0 saturated heterocycles. The molecule has 0 saturated carbocycles. The van der Waals surface area contributed by atoms with Crippen molar-refractivity contribution in [2.45, 2.75) is 40.3 Å². The summed E-state index contributed by atoms with van der Waals surface area (Å²) in [6.07, 6.45) is 1.41. The van der Waals surface area contributed by atoms with Gasteiger partial charge in [0.25, 0.3) is 5.56 Å². The molecule has 7 nitrogen and oxygen atoms in total. The Kier molecular flexibility index (Phi) is 6.49. The first-order chi connectivity index (χ1) is 13.8. The van der Waals surface area contributed by atoms with Gasteiger partial charge in [0, 0.05) is 33.3 Å². The average molecular weight is 433 g/mol. The number of likely N-dealkylation sites (N-methyl/N-ethyl adjacent to an activating group) is 1. The van der Waals surface area contributed by atoms with Crippen molar-refractivity contribution in [1.29, 1.82) is 0 Å². The number of carbonyl (C=O) groups is 2. The van der Waals surface area contributed by atoms with Crippen LogP contribution in [0.3, 0.4) is 0 Å². The van der Waals surface area contributed by atoms with E-state index in [2.05, 4.69) is 10.3 Å². The molecule has 1 N–H and O–H groups in total. The molecule has 3 rings (SSSR count). The summed E-state index contributed by atoms with van der Waals surface area (Å²) in [5.74, 6) is -0.511. The Morgan fingerprint density at radius 1 is 1.31 bits per heavy atom. The zero-order chi connectivity index (χ0) is 21.1. The predicted molar refractivity (Wildman–Crippen MR) is 117 cm³/mol. The van der Waals surface area contributed by atoms with E-state index in [-0.39, 0.29) is 36.5 Å². The van der Waals surface area contributed by atoms with E-state index < -0.39 is 0 Å². The molecule has 3 aromatic rings. The minimum Gasteiger partial charge on any atom is -0.352 e. The van der Waals surface area contributed by atoms with Crippen molar-refractivity contribution in [2.24, 2.45) is 0 Å². The number of nitrogens with zero attached hydrogens (tertiary/aromatic N) is 3. The molecule has 0 bridgehead atoms. The number of hydrogen-bond donors (Lipinski definition) is 1. The van der Waals surface area contributed by atoms with Crippen molar-refractivity contribution in [3.05, 3.63) is 39.1 Å². The van der Waals surface area contributed by atoms with Crippen LogP contribution in [0.4, 0.5) is 0 Å². The zero-order valence-corrected chi connectivity index (χ0v) is 18.5. The van der Waals surface area contributed by atoms with Crippen molar-refractivity contribution in [3.63, 3.8) is 0 Å². The first-order valence-corrected chi connectivity index (χ1v) is 11.1. The molecule has 0 spiro atoms. The third-order valence-electron chi connectivity index (χ3n) is 4.39. The molecule has 3 heterocycles. The number of rotatable bonds is 7. The number of aryl methyl sites for hydroxylation is 1. The van der Waals surface area contributed by atoms with Gasteiger partial charge in [-0.1, -0.05) is 0 Å². The molecule has 3 aromatic heterocycles. The van der Waals surface area contributed by atoms with E-state index >= 15 is 0 Å². The van der Waals surface area contributed by atoms with Crippen LogP contribution in [-0.2, 0) is 16.1 Å². The van der Waals surface area contributed by atoms with Crippen LogP contribution in [0.25, 0.3) is 20.7 Å². The summed E-state index contributed by atoms with van der Waals surface area (Å²) >= 11 is 3.04. The number of fused-ring (bicyclic) bond motifs is 1. The summed E-state index contributed by atoms with van der Waals surface area (Å²) < 4.78 is 1.32. The highest BCUT2D eigenvalue weighted by atomic mass is 32.1. The second kappa shape index (κ2) is 8.87. The van der Waals surface area contributed by atoms with Crippen LogP contribution in [0.1, 0.15) is 25.6 Å². The summed E-state index contributed by atoms with van der Waals surface area (Å²) in [7, 11) is 0. The molecule has 29 heavy (non-hydrogen) atoms. The first-order valence-electron chi connectivity index (χ1n) is 9.40. The largest absolute Gasteiger partial charge is 0.352 e. The molecule has 2 amide bonds. The number of amides is 2. The third-order valence-corrected chi connectivity index (χ3v) is 6.31. The molecular formula is C20H24N4O3S2. The van der Waals surface area contributed by atoms with Crippen LogP contribution in [0.5, 0.6) is 0 Å². The Hall–Kier alpha value is -2.52. The summed E-state index contributed by atoms with van der Waals surface area (Å²) in [6, 6.07) is 4.02. The Morgan fingerprint density at radius 2 is 2.07 bits per heavy atom. The van der Waals surface area contributed by atoms with Gasteiger partial charge in [-0.25, -0.2) is 4.98 Å². The van der Waals surface area contributed by atoms with E-state index in [1.807, 2.05) is 38.3 Å². The van der Waals surface area contributed by atoms with Gasteiger partial charge in [0.05, 0.1) is 18.3 Å². The van der Waals surface area contributed by atoms with Crippen LogP contribution < -0.4 is 10.9 Å². The van der Waals surface area contributed by atoms with Gasteiger partial charge in [-0.05, 0) is 39.8 Å². The second-order valence-corrected chi connectivity index (χ2v) is 9.19. The smallest absolute Gasteiger partial charge is 0.263 e. The van der Waals surface area contributed by atoms with Crippen LogP contribution >= 0.6 is 22.7 Å². The number of nitrogens with one attached hydrogen (secondary N) is 1. The third kappa shape index (κ3) is 4.73. The maximum Gasteiger partial charge on any atom is 0.263 e. The number of thiophene rings is 2. The molecule has 0 aromatic carbocycles. The van der Waals surface area contributed by atoms with Crippen molar-refractivity contribution in [1.82, 2.24) is 19.8 Å². The summed E-state index contributed by atoms with van der Waals surface area (Å²) in [4.78, 5) is 46.4. The van der Waals surface area contributed by atoms with Crippen molar-refractivity contribution >= 4 is 44.7 Å². The SMILES string of the molecule is CCN(CC(=O)NC(C)C)C(=O)Cn1cnc2scc(-c3ccc(C)s3)c2c1=O. The first kappa shape index (κ1) is 21.2. The van der Waals surface area contributed by atoms with Gasteiger partial charge in [-0.2, -0.15) is 0 Å². The van der Waals surface area contributed by atoms with Crippen LogP contribution in [0.15, 0.2) is 28.6 Å². The Morgan fingerprint density at radius 3 is 2.69 bits per heavy atom. The molecule has 0 aliphatic rings. The highest BCUT2D eigenvalue weighted by Crippen LogP contribution is 2.34.